The Kier molecular flexibility index (Phi) is 3.98. The van der Waals surface area contributed by atoms with Crippen molar-refractivity contribution in [2.75, 3.05) is 27.7 Å². The lowest BCUT2D eigenvalue weighted by molar-refractivity contribution is 0.0816. The molecule has 0 spiro atoms. The molecular weight excluding hydrogens is 232 g/mol. The van der Waals surface area contributed by atoms with Gasteiger partial charge < -0.3 is 15.0 Å². The predicted octanol–water partition coefficient (Wildman–Crippen LogP) is 0.225. The Hall–Kier alpha value is -1.40. The maximum atomic E-state index is 12.1. The number of amides is 1. The summed E-state index contributed by atoms with van der Waals surface area (Å²) in [5, 5.41) is 7.80. The molecule has 0 fully saturated rings. The largest absolute Gasteiger partial charge is 0.380 e. The van der Waals surface area contributed by atoms with Gasteiger partial charge in [0, 0.05) is 39.9 Å². The van der Waals surface area contributed by atoms with Crippen molar-refractivity contribution in [2.45, 2.75) is 26.1 Å². The topological polar surface area (TPSA) is 59.4 Å². The van der Waals surface area contributed by atoms with Crippen molar-refractivity contribution in [1.29, 1.82) is 0 Å². The molecule has 1 aromatic rings. The van der Waals surface area contributed by atoms with Gasteiger partial charge in [-0.25, -0.2) is 0 Å². The summed E-state index contributed by atoms with van der Waals surface area (Å²) in [4.78, 5) is 13.7. The molecule has 100 valence electrons. The molecule has 2 rings (SSSR count). The molecule has 1 amide bonds. The number of ether oxygens (including phenoxy) is 1. The number of rotatable bonds is 3. The van der Waals surface area contributed by atoms with Crippen molar-refractivity contribution in [3.63, 3.8) is 0 Å². The van der Waals surface area contributed by atoms with Gasteiger partial charge in [-0.05, 0) is 13.0 Å². The van der Waals surface area contributed by atoms with E-state index in [2.05, 4.69) is 10.4 Å². The van der Waals surface area contributed by atoms with Crippen LogP contribution in [0.2, 0.25) is 0 Å². The molecule has 0 aliphatic carbocycles. The molecule has 0 atom stereocenters. The number of nitrogens with zero attached hydrogens (tertiary/aromatic N) is 3. The zero-order valence-electron chi connectivity index (χ0n) is 11.2. The van der Waals surface area contributed by atoms with E-state index in [1.807, 2.05) is 4.68 Å². The molecule has 2 heterocycles. The van der Waals surface area contributed by atoms with Gasteiger partial charge in [-0.2, -0.15) is 5.10 Å². The van der Waals surface area contributed by atoms with Crippen LogP contribution < -0.4 is 5.32 Å². The molecule has 1 aliphatic rings. The highest BCUT2D eigenvalue weighted by Crippen LogP contribution is 2.19. The molecule has 1 aromatic heterocycles. The number of nitrogens with one attached hydrogen (secondary N) is 1. The summed E-state index contributed by atoms with van der Waals surface area (Å²) in [7, 11) is 5.11. The molecule has 0 radical (unpaired) electrons. The minimum absolute atomic E-state index is 0.0670. The summed E-state index contributed by atoms with van der Waals surface area (Å²) in [6.07, 6.45) is 1.02. The Bertz CT molecular complexity index is 440. The van der Waals surface area contributed by atoms with E-state index in [0.717, 1.165) is 37.3 Å². The first-order valence-electron chi connectivity index (χ1n) is 6.15. The first-order valence-corrected chi connectivity index (χ1v) is 6.15. The van der Waals surface area contributed by atoms with Gasteiger partial charge in [-0.15, -0.1) is 0 Å². The normalized spacial score (nSPS) is 15.1. The minimum Gasteiger partial charge on any atom is -0.380 e. The van der Waals surface area contributed by atoms with Gasteiger partial charge in [0.05, 0.1) is 12.3 Å². The standard InChI is InChI=1S/C12H20N4O2/c1-15(2)12(17)11-9(8-18-3)10-7-13-5-4-6-16(10)14-11/h13H,4-8H2,1-3H3. The number of hydrogen-bond acceptors (Lipinski definition) is 4. The van der Waals surface area contributed by atoms with Crippen molar-refractivity contribution >= 4 is 5.91 Å². The van der Waals surface area contributed by atoms with Crippen molar-refractivity contribution in [3.8, 4) is 0 Å². The van der Waals surface area contributed by atoms with Crippen molar-refractivity contribution in [1.82, 2.24) is 20.0 Å². The molecule has 6 nitrogen and oxygen atoms in total. The SMILES string of the molecule is COCc1c(C(=O)N(C)C)nn2c1CNCCC2. The summed E-state index contributed by atoms with van der Waals surface area (Å²) in [6, 6.07) is 0. The van der Waals surface area contributed by atoms with E-state index < -0.39 is 0 Å². The number of aromatic nitrogens is 2. The summed E-state index contributed by atoms with van der Waals surface area (Å²) in [6.45, 7) is 2.99. The van der Waals surface area contributed by atoms with Crippen LogP contribution in [0.1, 0.15) is 28.2 Å². The zero-order valence-corrected chi connectivity index (χ0v) is 11.2. The van der Waals surface area contributed by atoms with Crippen LogP contribution in [0.5, 0.6) is 0 Å². The summed E-state index contributed by atoms with van der Waals surface area (Å²) in [5.74, 6) is -0.0670. The highest BCUT2D eigenvalue weighted by Gasteiger charge is 2.24. The fraction of sp³-hybridized carbons (Fsp3) is 0.667. The summed E-state index contributed by atoms with van der Waals surface area (Å²) in [5.41, 5.74) is 2.49. The van der Waals surface area contributed by atoms with E-state index in [-0.39, 0.29) is 5.91 Å². The van der Waals surface area contributed by atoms with E-state index in [9.17, 15) is 4.79 Å². The second-order valence-electron chi connectivity index (χ2n) is 4.66. The molecule has 1 N–H and O–H groups in total. The third-order valence-corrected chi connectivity index (χ3v) is 3.08. The van der Waals surface area contributed by atoms with Crippen molar-refractivity contribution in [3.05, 3.63) is 17.0 Å². The molecule has 6 heteroatoms. The minimum atomic E-state index is -0.0670. The lowest BCUT2D eigenvalue weighted by atomic mass is 10.1. The average Bonchev–Trinajstić information content (AvgIpc) is 2.54. The van der Waals surface area contributed by atoms with Crippen molar-refractivity contribution < 1.29 is 9.53 Å². The molecule has 0 unspecified atom stereocenters. The number of fused-ring (bicyclic) bond motifs is 1. The van der Waals surface area contributed by atoms with E-state index in [4.69, 9.17) is 4.74 Å². The van der Waals surface area contributed by atoms with Crippen LogP contribution in [0.15, 0.2) is 0 Å². The molecule has 1 aliphatic heterocycles. The van der Waals surface area contributed by atoms with Crippen LogP contribution in [-0.2, 0) is 24.4 Å². The third-order valence-electron chi connectivity index (χ3n) is 3.08. The van der Waals surface area contributed by atoms with Gasteiger partial charge in [-0.3, -0.25) is 9.48 Å². The quantitative estimate of drug-likeness (QED) is 0.836. The van der Waals surface area contributed by atoms with Crippen LogP contribution in [0, 0.1) is 0 Å². The first kappa shape index (κ1) is 13.0. The molecule has 0 saturated carbocycles. The number of methoxy groups -OCH3 is 1. The second-order valence-corrected chi connectivity index (χ2v) is 4.66. The van der Waals surface area contributed by atoms with E-state index in [1.54, 1.807) is 26.1 Å². The average molecular weight is 252 g/mol. The smallest absolute Gasteiger partial charge is 0.274 e. The molecular formula is C12H20N4O2. The summed E-state index contributed by atoms with van der Waals surface area (Å²) >= 11 is 0. The molecule has 0 saturated heterocycles. The predicted molar refractivity (Wildman–Crippen MR) is 67.3 cm³/mol. The molecule has 0 aromatic carbocycles. The van der Waals surface area contributed by atoms with Gasteiger partial charge in [0.1, 0.15) is 0 Å². The highest BCUT2D eigenvalue weighted by atomic mass is 16.5. The van der Waals surface area contributed by atoms with Gasteiger partial charge in [0.15, 0.2) is 5.69 Å². The number of hydrogen-bond donors (Lipinski definition) is 1. The van der Waals surface area contributed by atoms with Crippen LogP contribution >= 0.6 is 0 Å². The Labute approximate surface area is 107 Å². The Morgan fingerprint density at radius 2 is 2.33 bits per heavy atom. The molecule has 0 bridgehead atoms. The maximum absolute atomic E-state index is 12.1. The first-order chi connectivity index (χ1) is 8.65. The van der Waals surface area contributed by atoms with Crippen LogP contribution in [0.4, 0.5) is 0 Å². The van der Waals surface area contributed by atoms with E-state index >= 15 is 0 Å². The zero-order chi connectivity index (χ0) is 13.1. The summed E-state index contributed by atoms with van der Waals surface area (Å²) < 4.78 is 7.15. The van der Waals surface area contributed by atoms with Gasteiger partial charge in [0.2, 0.25) is 0 Å². The fourth-order valence-corrected chi connectivity index (χ4v) is 2.16. The number of aryl methyl sites for hydroxylation is 1. The van der Waals surface area contributed by atoms with E-state index in [1.165, 1.54) is 0 Å². The van der Waals surface area contributed by atoms with Gasteiger partial charge in [0.25, 0.3) is 5.91 Å². The van der Waals surface area contributed by atoms with Gasteiger partial charge in [-0.1, -0.05) is 0 Å². The lowest BCUT2D eigenvalue weighted by Crippen LogP contribution is -2.24. The Morgan fingerprint density at radius 1 is 1.56 bits per heavy atom. The maximum Gasteiger partial charge on any atom is 0.274 e. The van der Waals surface area contributed by atoms with Crippen LogP contribution in [0.3, 0.4) is 0 Å². The fourth-order valence-electron chi connectivity index (χ4n) is 2.16. The number of carbonyl (C=O) groups is 1. The van der Waals surface area contributed by atoms with Gasteiger partial charge >= 0.3 is 0 Å². The lowest BCUT2D eigenvalue weighted by Gasteiger charge is -2.10. The second kappa shape index (κ2) is 5.49. The van der Waals surface area contributed by atoms with Crippen LogP contribution in [0.25, 0.3) is 0 Å². The number of carbonyl (C=O) groups excluding carboxylic acids is 1. The Balaban J connectivity index is 2.43. The molecule has 18 heavy (non-hydrogen) atoms. The Morgan fingerprint density at radius 3 is 3.00 bits per heavy atom. The van der Waals surface area contributed by atoms with Crippen LogP contribution in [-0.4, -0.2) is 48.3 Å². The highest BCUT2D eigenvalue weighted by molar-refractivity contribution is 5.93. The third kappa shape index (κ3) is 2.39. The van der Waals surface area contributed by atoms with Crippen molar-refractivity contribution in [2.24, 2.45) is 0 Å². The monoisotopic (exact) mass is 252 g/mol. The van der Waals surface area contributed by atoms with E-state index in [0.29, 0.717) is 12.3 Å².